The first kappa shape index (κ1) is 18.5. The van der Waals surface area contributed by atoms with Crippen LogP contribution in [0.1, 0.15) is 37.3 Å². The Morgan fingerprint density at radius 3 is 2.88 bits per heavy atom. The average molecular weight is 380 g/mol. The standard InChI is InChI=1S/C18H25N3O2S2/c1-13-9-21(10-14(2)23-13)11-15-12-25-18(19-15)20-17(22)7-3-5-16-6-4-8-24-16/h4,6,8,12-14H,3,5,7,9-11H2,1-2H3,(H,19,20,22)/t13-,14-/m1/s1. The van der Waals surface area contributed by atoms with Crippen molar-refractivity contribution in [1.29, 1.82) is 0 Å². The molecule has 2 aromatic heterocycles. The van der Waals surface area contributed by atoms with E-state index in [2.05, 4.69) is 40.5 Å². The monoisotopic (exact) mass is 379 g/mol. The van der Waals surface area contributed by atoms with E-state index in [0.717, 1.165) is 38.2 Å². The predicted molar refractivity (Wildman–Crippen MR) is 103 cm³/mol. The van der Waals surface area contributed by atoms with Gasteiger partial charge in [0.15, 0.2) is 5.13 Å². The molecule has 25 heavy (non-hydrogen) atoms. The second-order valence-electron chi connectivity index (χ2n) is 6.58. The van der Waals surface area contributed by atoms with Crippen LogP contribution in [0.4, 0.5) is 5.13 Å². The summed E-state index contributed by atoms with van der Waals surface area (Å²) in [5, 5.41) is 7.73. The molecule has 3 heterocycles. The van der Waals surface area contributed by atoms with Crippen molar-refractivity contribution in [3.63, 3.8) is 0 Å². The van der Waals surface area contributed by atoms with E-state index in [1.807, 2.05) is 11.4 Å². The van der Waals surface area contributed by atoms with Gasteiger partial charge in [-0.05, 0) is 38.1 Å². The van der Waals surface area contributed by atoms with E-state index < -0.39 is 0 Å². The molecule has 136 valence electrons. The lowest BCUT2D eigenvalue weighted by Gasteiger charge is -2.34. The third-order valence-electron chi connectivity index (χ3n) is 4.09. The van der Waals surface area contributed by atoms with Crippen molar-refractivity contribution in [3.8, 4) is 0 Å². The smallest absolute Gasteiger partial charge is 0.226 e. The van der Waals surface area contributed by atoms with Crippen LogP contribution in [0.25, 0.3) is 0 Å². The summed E-state index contributed by atoms with van der Waals surface area (Å²) in [6.07, 6.45) is 2.87. The molecule has 0 saturated carbocycles. The summed E-state index contributed by atoms with van der Waals surface area (Å²) in [4.78, 5) is 20.3. The summed E-state index contributed by atoms with van der Waals surface area (Å²) >= 11 is 3.24. The molecule has 5 nitrogen and oxygen atoms in total. The second-order valence-corrected chi connectivity index (χ2v) is 8.47. The van der Waals surface area contributed by atoms with Crippen molar-refractivity contribution >= 4 is 33.7 Å². The number of hydrogen-bond acceptors (Lipinski definition) is 6. The van der Waals surface area contributed by atoms with E-state index in [1.165, 1.54) is 16.2 Å². The number of thiophene rings is 1. The van der Waals surface area contributed by atoms with Gasteiger partial charge in [-0.25, -0.2) is 4.98 Å². The fourth-order valence-corrected chi connectivity index (χ4v) is 4.61. The van der Waals surface area contributed by atoms with Gasteiger partial charge in [-0.2, -0.15) is 0 Å². The van der Waals surface area contributed by atoms with Crippen molar-refractivity contribution in [2.45, 2.75) is 51.9 Å². The van der Waals surface area contributed by atoms with Crippen LogP contribution >= 0.6 is 22.7 Å². The summed E-state index contributed by atoms with van der Waals surface area (Å²) in [6.45, 7) is 6.86. The number of aromatic nitrogens is 1. The molecule has 2 atom stereocenters. The van der Waals surface area contributed by atoms with Gasteiger partial charge < -0.3 is 10.1 Å². The number of hydrogen-bond donors (Lipinski definition) is 1. The fourth-order valence-electron chi connectivity index (χ4n) is 3.14. The number of carbonyl (C=O) groups is 1. The molecular formula is C18H25N3O2S2. The van der Waals surface area contributed by atoms with Crippen molar-refractivity contribution in [1.82, 2.24) is 9.88 Å². The molecule has 0 aliphatic carbocycles. The highest BCUT2D eigenvalue weighted by molar-refractivity contribution is 7.13. The minimum atomic E-state index is 0.0473. The predicted octanol–water partition coefficient (Wildman–Crippen LogP) is 3.78. The normalized spacial score (nSPS) is 21.4. The Morgan fingerprint density at radius 2 is 2.16 bits per heavy atom. The number of thiazole rings is 1. The summed E-state index contributed by atoms with van der Waals surface area (Å²) in [7, 11) is 0. The Balaban J connectivity index is 1.42. The number of aryl methyl sites for hydroxylation is 1. The number of nitrogens with one attached hydrogen (secondary N) is 1. The van der Waals surface area contributed by atoms with E-state index >= 15 is 0 Å². The van der Waals surface area contributed by atoms with Gasteiger partial charge in [0.2, 0.25) is 5.91 Å². The SMILES string of the molecule is C[C@@H]1CN(Cc2csc(NC(=O)CCCc3cccs3)n2)C[C@@H](C)O1. The Bertz CT molecular complexity index is 662. The van der Waals surface area contributed by atoms with Crippen LogP contribution in [0.3, 0.4) is 0 Å². The first-order valence-electron chi connectivity index (χ1n) is 8.73. The maximum absolute atomic E-state index is 12.1. The Morgan fingerprint density at radius 1 is 1.36 bits per heavy atom. The maximum atomic E-state index is 12.1. The van der Waals surface area contributed by atoms with Gasteiger partial charge in [0.1, 0.15) is 0 Å². The van der Waals surface area contributed by atoms with Crippen molar-refractivity contribution < 1.29 is 9.53 Å². The van der Waals surface area contributed by atoms with Gasteiger partial charge in [-0.3, -0.25) is 9.69 Å². The third kappa shape index (κ3) is 5.88. The quantitative estimate of drug-likeness (QED) is 0.795. The number of amides is 1. The number of ether oxygens (including phenoxy) is 1. The highest BCUT2D eigenvalue weighted by Crippen LogP contribution is 2.20. The van der Waals surface area contributed by atoms with E-state index in [-0.39, 0.29) is 18.1 Å². The van der Waals surface area contributed by atoms with Crippen LogP contribution in [-0.2, 0) is 22.5 Å². The molecule has 0 unspecified atom stereocenters. The molecule has 1 amide bonds. The molecule has 1 aliphatic rings. The number of rotatable bonds is 7. The molecular weight excluding hydrogens is 354 g/mol. The molecule has 0 radical (unpaired) electrons. The van der Waals surface area contributed by atoms with Crippen LogP contribution in [-0.4, -0.2) is 41.1 Å². The van der Waals surface area contributed by atoms with Crippen LogP contribution in [0.2, 0.25) is 0 Å². The minimum Gasteiger partial charge on any atom is -0.373 e. The molecule has 3 rings (SSSR count). The number of anilines is 1. The van der Waals surface area contributed by atoms with Crippen LogP contribution in [0, 0.1) is 0 Å². The van der Waals surface area contributed by atoms with E-state index in [0.29, 0.717) is 11.6 Å². The lowest BCUT2D eigenvalue weighted by Crippen LogP contribution is -2.44. The van der Waals surface area contributed by atoms with E-state index in [4.69, 9.17) is 4.74 Å². The summed E-state index contributed by atoms with van der Waals surface area (Å²) < 4.78 is 5.76. The van der Waals surface area contributed by atoms with Crippen LogP contribution in [0.5, 0.6) is 0 Å². The zero-order chi connectivity index (χ0) is 17.6. The summed E-state index contributed by atoms with van der Waals surface area (Å²) in [5.74, 6) is 0.0473. The van der Waals surface area contributed by atoms with E-state index in [1.54, 1.807) is 11.3 Å². The lowest BCUT2D eigenvalue weighted by molar-refractivity contribution is -0.116. The second kappa shape index (κ2) is 8.89. The topological polar surface area (TPSA) is 54.5 Å². The van der Waals surface area contributed by atoms with E-state index in [9.17, 15) is 4.79 Å². The molecule has 7 heteroatoms. The Hall–Kier alpha value is -1.28. The summed E-state index contributed by atoms with van der Waals surface area (Å²) in [6, 6.07) is 4.16. The maximum Gasteiger partial charge on any atom is 0.226 e. The van der Waals surface area contributed by atoms with Crippen molar-refractivity contribution in [2.75, 3.05) is 18.4 Å². The van der Waals surface area contributed by atoms with Gasteiger partial charge in [-0.15, -0.1) is 22.7 Å². The minimum absolute atomic E-state index is 0.0473. The number of morpholine rings is 1. The Labute approximate surface area is 157 Å². The first-order chi connectivity index (χ1) is 12.1. The molecule has 1 N–H and O–H groups in total. The molecule has 1 saturated heterocycles. The van der Waals surface area contributed by atoms with Gasteiger partial charge in [0.05, 0.1) is 17.9 Å². The fraction of sp³-hybridized carbons (Fsp3) is 0.556. The number of carbonyl (C=O) groups excluding carboxylic acids is 1. The van der Waals surface area contributed by atoms with Gasteiger partial charge in [-0.1, -0.05) is 6.07 Å². The van der Waals surface area contributed by atoms with Gasteiger partial charge in [0.25, 0.3) is 0 Å². The van der Waals surface area contributed by atoms with Gasteiger partial charge in [0, 0.05) is 36.3 Å². The highest BCUT2D eigenvalue weighted by Gasteiger charge is 2.22. The van der Waals surface area contributed by atoms with Crippen molar-refractivity contribution in [3.05, 3.63) is 33.5 Å². The highest BCUT2D eigenvalue weighted by atomic mass is 32.1. The number of nitrogens with zero attached hydrogens (tertiary/aromatic N) is 2. The molecule has 0 bridgehead atoms. The molecule has 0 spiro atoms. The lowest BCUT2D eigenvalue weighted by atomic mass is 10.2. The summed E-state index contributed by atoms with van der Waals surface area (Å²) in [5.41, 5.74) is 1.01. The zero-order valence-corrected chi connectivity index (χ0v) is 16.4. The van der Waals surface area contributed by atoms with Gasteiger partial charge >= 0.3 is 0 Å². The molecule has 1 aliphatic heterocycles. The third-order valence-corrected chi connectivity index (χ3v) is 5.83. The average Bonchev–Trinajstić information content (AvgIpc) is 3.18. The van der Waals surface area contributed by atoms with Crippen LogP contribution < -0.4 is 5.32 Å². The molecule has 1 fully saturated rings. The van der Waals surface area contributed by atoms with Crippen molar-refractivity contribution in [2.24, 2.45) is 0 Å². The Kier molecular flexibility index (Phi) is 6.58. The molecule has 2 aromatic rings. The largest absolute Gasteiger partial charge is 0.373 e. The molecule has 0 aromatic carbocycles. The van der Waals surface area contributed by atoms with Crippen LogP contribution in [0.15, 0.2) is 22.9 Å². The first-order valence-corrected chi connectivity index (χ1v) is 10.5. The zero-order valence-electron chi connectivity index (χ0n) is 14.7.